The van der Waals surface area contributed by atoms with Crippen molar-refractivity contribution in [3.63, 3.8) is 0 Å². The van der Waals surface area contributed by atoms with E-state index in [0.29, 0.717) is 11.3 Å². The minimum atomic E-state index is -0.229. The summed E-state index contributed by atoms with van der Waals surface area (Å²) < 4.78 is 5.48. The third-order valence-corrected chi connectivity index (χ3v) is 5.39. The molecule has 1 saturated heterocycles. The van der Waals surface area contributed by atoms with Crippen LogP contribution in [0.25, 0.3) is 11.0 Å². The van der Waals surface area contributed by atoms with Gasteiger partial charge >= 0.3 is 5.63 Å². The van der Waals surface area contributed by atoms with Crippen LogP contribution in [-0.4, -0.2) is 23.1 Å². The number of phenols is 1. The second-order valence-corrected chi connectivity index (χ2v) is 6.93. The van der Waals surface area contributed by atoms with Crippen molar-refractivity contribution in [2.45, 2.75) is 52.0 Å². The van der Waals surface area contributed by atoms with Crippen molar-refractivity contribution < 1.29 is 9.52 Å². The smallest absolute Gasteiger partial charge is 0.339 e. The Morgan fingerprint density at radius 3 is 2.65 bits per heavy atom. The third-order valence-electron chi connectivity index (χ3n) is 5.39. The summed E-state index contributed by atoms with van der Waals surface area (Å²) in [6.45, 7) is 4.96. The van der Waals surface area contributed by atoms with Crippen molar-refractivity contribution in [2.24, 2.45) is 0 Å². The number of benzene rings is 1. The first-order valence-electron chi connectivity index (χ1n) is 8.67. The molecule has 1 aliphatic carbocycles. The molecule has 0 amide bonds. The largest absolute Gasteiger partial charge is 0.507 e. The predicted molar refractivity (Wildman–Crippen MR) is 90.0 cm³/mol. The Bertz CT molecular complexity index is 816. The SMILES string of the molecule is Cc1cc2oc(=O)c3c(c2c(O)c1CN1CCCCC1)CCC3. The van der Waals surface area contributed by atoms with Crippen LogP contribution in [0.5, 0.6) is 5.75 Å². The number of hydrogen-bond donors (Lipinski definition) is 1. The molecular formula is C19H23NO3. The molecule has 0 spiro atoms. The van der Waals surface area contributed by atoms with Crippen LogP contribution in [-0.2, 0) is 19.4 Å². The summed E-state index contributed by atoms with van der Waals surface area (Å²) in [5.74, 6) is 0.326. The summed E-state index contributed by atoms with van der Waals surface area (Å²) in [5, 5.41) is 11.7. The molecule has 0 atom stereocenters. The van der Waals surface area contributed by atoms with Gasteiger partial charge in [0.15, 0.2) is 0 Å². The highest BCUT2D eigenvalue weighted by Crippen LogP contribution is 2.38. The van der Waals surface area contributed by atoms with Gasteiger partial charge in [-0.15, -0.1) is 0 Å². The Morgan fingerprint density at radius 1 is 1.13 bits per heavy atom. The zero-order chi connectivity index (χ0) is 16.0. The number of piperidine rings is 1. The zero-order valence-corrected chi connectivity index (χ0v) is 13.7. The number of likely N-dealkylation sites (tertiary alicyclic amines) is 1. The van der Waals surface area contributed by atoms with Crippen molar-refractivity contribution in [2.75, 3.05) is 13.1 Å². The van der Waals surface area contributed by atoms with Crippen LogP contribution < -0.4 is 5.63 Å². The molecule has 1 aromatic heterocycles. The van der Waals surface area contributed by atoms with E-state index in [1.165, 1.54) is 19.3 Å². The van der Waals surface area contributed by atoms with Gasteiger partial charge in [-0.3, -0.25) is 4.90 Å². The maximum absolute atomic E-state index is 12.1. The van der Waals surface area contributed by atoms with Crippen LogP contribution in [0, 0.1) is 6.92 Å². The van der Waals surface area contributed by atoms with Crippen LogP contribution >= 0.6 is 0 Å². The van der Waals surface area contributed by atoms with Crippen LogP contribution in [0.3, 0.4) is 0 Å². The average molecular weight is 313 g/mol. The summed E-state index contributed by atoms with van der Waals surface area (Å²) in [7, 11) is 0. The second-order valence-electron chi connectivity index (χ2n) is 6.93. The fourth-order valence-electron chi connectivity index (χ4n) is 4.13. The van der Waals surface area contributed by atoms with Crippen LogP contribution in [0.2, 0.25) is 0 Å². The van der Waals surface area contributed by atoms with E-state index < -0.39 is 0 Å². The Balaban J connectivity index is 1.85. The molecule has 1 aromatic carbocycles. The van der Waals surface area contributed by atoms with Gasteiger partial charge in [0.25, 0.3) is 0 Å². The van der Waals surface area contributed by atoms with Crippen molar-refractivity contribution in [1.29, 1.82) is 0 Å². The van der Waals surface area contributed by atoms with Crippen molar-refractivity contribution in [3.05, 3.63) is 38.7 Å². The number of aromatic hydroxyl groups is 1. The highest BCUT2D eigenvalue weighted by molar-refractivity contribution is 5.90. The zero-order valence-electron chi connectivity index (χ0n) is 13.7. The molecule has 0 saturated carbocycles. The van der Waals surface area contributed by atoms with Crippen LogP contribution in [0.4, 0.5) is 0 Å². The highest BCUT2D eigenvalue weighted by Gasteiger charge is 2.24. The summed E-state index contributed by atoms with van der Waals surface area (Å²) in [5.41, 5.74) is 4.07. The summed E-state index contributed by atoms with van der Waals surface area (Å²) in [4.78, 5) is 14.5. The van der Waals surface area contributed by atoms with E-state index in [0.717, 1.165) is 66.5 Å². The van der Waals surface area contributed by atoms with Gasteiger partial charge in [0.2, 0.25) is 0 Å². The summed E-state index contributed by atoms with van der Waals surface area (Å²) >= 11 is 0. The lowest BCUT2D eigenvalue weighted by molar-refractivity contribution is 0.218. The average Bonchev–Trinajstić information content (AvgIpc) is 3.02. The monoisotopic (exact) mass is 313 g/mol. The highest BCUT2D eigenvalue weighted by atomic mass is 16.4. The number of aryl methyl sites for hydroxylation is 2. The maximum atomic E-state index is 12.1. The van der Waals surface area contributed by atoms with Crippen molar-refractivity contribution in [1.82, 2.24) is 4.90 Å². The molecule has 0 bridgehead atoms. The quantitative estimate of drug-likeness (QED) is 0.865. The normalized spacial score (nSPS) is 18.5. The summed E-state index contributed by atoms with van der Waals surface area (Å²) in [6.07, 6.45) is 6.36. The Labute approximate surface area is 135 Å². The maximum Gasteiger partial charge on any atom is 0.339 e. The van der Waals surface area contributed by atoms with Crippen LogP contribution in [0.15, 0.2) is 15.3 Å². The molecule has 23 heavy (non-hydrogen) atoms. The van der Waals surface area contributed by atoms with E-state index in [1.54, 1.807) is 0 Å². The second kappa shape index (κ2) is 5.68. The Morgan fingerprint density at radius 2 is 1.87 bits per heavy atom. The topological polar surface area (TPSA) is 53.7 Å². The fourth-order valence-corrected chi connectivity index (χ4v) is 4.13. The van der Waals surface area contributed by atoms with E-state index in [4.69, 9.17) is 4.42 Å². The molecule has 2 heterocycles. The first kappa shape index (κ1) is 14.8. The van der Waals surface area contributed by atoms with Gasteiger partial charge < -0.3 is 9.52 Å². The first-order chi connectivity index (χ1) is 11.1. The van der Waals surface area contributed by atoms with Crippen molar-refractivity contribution in [3.8, 4) is 5.75 Å². The fraction of sp³-hybridized carbons (Fsp3) is 0.526. The molecule has 1 aliphatic heterocycles. The lowest BCUT2D eigenvalue weighted by atomic mass is 9.98. The van der Waals surface area contributed by atoms with Gasteiger partial charge in [0, 0.05) is 17.7 Å². The van der Waals surface area contributed by atoms with Gasteiger partial charge in [-0.2, -0.15) is 0 Å². The lowest BCUT2D eigenvalue weighted by Gasteiger charge is -2.27. The van der Waals surface area contributed by atoms with Gasteiger partial charge in [-0.05, 0) is 69.3 Å². The molecule has 0 unspecified atom stereocenters. The first-order valence-corrected chi connectivity index (χ1v) is 8.67. The molecule has 2 aliphatic rings. The molecular weight excluding hydrogens is 290 g/mol. The summed E-state index contributed by atoms with van der Waals surface area (Å²) in [6, 6.07) is 1.92. The third kappa shape index (κ3) is 2.45. The molecule has 0 radical (unpaired) electrons. The van der Waals surface area contributed by atoms with E-state index in [-0.39, 0.29) is 5.63 Å². The molecule has 1 N–H and O–H groups in total. The lowest BCUT2D eigenvalue weighted by Crippen LogP contribution is -2.29. The minimum absolute atomic E-state index is 0.229. The van der Waals surface area contributed by atoms with Gasteiger partial charge in [0.05, 0.1) is 5.39 Å². The van der Waals surface area contributed by atoms with Gasteiger partial charge in [0.1, 0.15) is 11.3 Å². The molecule has 1 fully saturated rings. The van der Waals surface area contributed by atoms with Crippen LogP contribution in [0.1, 0.15) is 47.9 Å². The molecule has 4 rings (SSSR count). The molecule has 4 heteroatoms. The standard InChI is InChI=1S/C19H23NO3/c1-12-10-16-17(13-6-5-7-14(13)19(22)23-16)18(21)15(12)11-20-8-3-2-4-9-20/h10,21H,2-9,11H2,1H3. The number of hydrogen-bond acceptors (Lipinski definition) is 4. The number of fused-ring (bicyclic) bond motifs is 3. The van der Waals surface area contributed by atoms with Crippen molar-refractivity contribution >= 4 is 11.0 Å². The number of rotatable bonds is 2. The van der Waals surface area contributed by atoms with Gasteiger partial charge in [-0.1, -0.05) is 6.42 Å². The Hall–Kier alpha value is -1.81. The van der Waals surface area contributed by atoms with Gasteiger partial charge in [-0.25, -0.2) is 4.79 Å². The Kier molecular flexibility index (Phi) is 3.64. The number of phenolic OH excluding ortho intramolecular Hbond substituents is 1. The molecule has 4 nitrogen and oxygen atoms in total. The predicted octanol–water partition coefficient (Wildman–Crippen LogP) is 3.28. The van der Waals surface area contributed by atoms with E-state index in [2.05, 4.69) is 4.90 Å². The van der Waals surface area contributed by atoms with E-state index in [9.17, 15) is 9.90 Å². The molecule has 2 aromatic rings. The molecule has 122 valence electrons. The van der Waals surface area contributed by atoms with E-state index in [1.807, 2.05) is 13.0 Å². The van der Waals surface area contributed by atoms with E-state index >= 15 is 0 Å². The minimum Gasteiger partial charge on any atom is -0.507 e. The number of nitrogens with zero attached hydrogens (tertiary/aromatic N) is 1.